The van der Waals surface area contributed by atoms with Crippen molar-refractivity contribution in [1.29, 1.82) is 0 Å². The number of pyridine rings is 1. The molecule has 2 aromatic rings. The topological polar surface area (TPSA) is 88.5 Å². The molecule has 0 spiro atoms. The van der Waals surface area contributed by atoms with Crippen molar-refractivity contribution in [2.24, 2.45) is 0 Å². The average molecular weight is 326 g/mol. The molecule has 1 saturated heterocycles. The zero-order chi connectivity index (χ0) is 17.2. The van der Waals surface area contributed by atoms with E-state index in [2.05, 4.69) is 10.3 Å². The van der Waals surface area contributed by atoms with E-state index >= 15 is 0 Å². The van der Waals surface area contributed by atoms with E-state index in [4.69, 9.17) is 4.74 Å². The molecule has 0 aliphatic carbocycles. The molecule has 1 fully saturated rings. The molecule has 1 aromatic heterocycles. The van der Waals surface area contributed by atoms with Gasteiger partial charge in [0.15, 0.2) is 5.54 Å². The van der Waals surface area contributed by atoms with Crippen LogP contribution in [0.3, 0.4) is 0 Å². The molecule has 3 rings (SSSR count). The maximum absolute atomic E-state index is 12.7. The van der Waals surface area contributed by atoms with Crippen molar-refractivity contribution in [3.63, 3.8) is 0 Å². The van der Waals surface area contributed by atoms with Crippen molar-refractivity contribution in [2.75, 3.05) is 13.2 Å². The summed E-state index contributed by atoms with van der Waals surface area (Å²) in [5.74, 6) is -1.50. The number of hydrogen-bond donors (Lipinski definition) is 2. The van der Waals surface area contributed by atoms with Gasteiger partial charge in [-0.15, -0.1) is 0 Å². The van der Waals surface area contributed by atoms with Gasteiger partial charge < -0.3 is 15.2 Å². The largest absolute Gasteiger partial charge is 0.479 e. The molecule has 2 N–H and O–H groups in total. The average Bonchev–Trinajstić information content (AvgIpc) is 3.05. The van der Waals surface area contributed by atoms with Crippen LogP contribution in [-0.4, -0.2) is 40.7 Å². The van der Waals surface area contributed by atoms with Crippen molar-refractivity contribution in [3.8, 4) is 11.3 Å². The number of aromatic nitrogens is 1. The van der Waals surface area contributed by atoms with Gasteiger partial charge >= 0.3 is 5.97 Å². The quantitative estimate of drug-likeness (QED) is 0.897. The summed E-state index contributed by atoms with van der Waals surface area (Å²) in [6.07, 6.45) is 1.95. The second-order valence-corrected chi connectivity index (χ2v) is 5.84. The summed E-state index contributed by atoms with van der Waals surface area (Å²) in [6, 6.07) is 10.9. The van der Waals surface area contributed by atoms with Gasteiger partial charge in [0.05, 0.1) is 12.3 Å². The number of benzene rings is 1. The summed E-state index contributed by atoms with van der Waals surface area (Å²) in [7, 11) is 0. The number of amides is 1. The normalized spacial score (nSPS) is 19.9. The molecule has 1 atom stereocenters. The molecule has 1 aliphatic rings. The third-order valence-corrected chi connectivity index (χ3v) is 4.30. The molecule has 124 valence electrons. The summed E-state index contributed by atoms with van der Waals surface area (Å²) in [6.45, 7) is 2.13. The van der Waals surface area contributed by atoms with E-state index in [-0.39, 0.29) is 13.0 Å². The minimum atomic E-state index is -1.36. The Balaban J connectivity index is 1.92. The van der Waals surface area contributed by atoms with Crippen LogP contribution in [0.2, 0.25) is 0 Å². The Labute approximate surface area is 139 Å². The van der Waals surface area contributed by atoms with Crippen molar-refractivity contribution >= 4 is 11.9 Å². The first kappa shape index (κ1) is 16.1. The third-order valence-electron chi connectivity index (χ3n) is 4.30. The number of carbonyl (C=O) groups is 2. The Kier molecular flexibility index (Phi) is 4.31. The van der Waals surface area contributed by atoms with E-state index < -0.39 is 17.4 Å². The van der Waals surface area contributed by atoms with Crippen molar-refractivity contribution in [2.45, 2.75) is 18.9 Å². The Morgan fingerprint density at radius 1 is 1.25 bits per heavy atom. The van der Waals surface area contributed by atoms with Crippen LogP contribution < -0.4 is 5.32 Å². The molecular formula is C18H18N2O4. The molecule has 6 nitrogen and oxygen atoms in total. The Bertz CT molecular complexity index is 768. The van der Waals surface area contributed by atoms with Crippen molar-refractivity contribution < 1.29 is 19.4 Å². The maximum atomic E-state index is 12.7. The van der Waals surface area contributed by atoms with Gasteiger partial charge in [0, 0.05) is 30.4 Å². The highest BCUT2D eigenvalue weighted by Gasteiger charge is 2.44. The summed E-state index contributed by atoms with van der Waals surface area (Å²) in [4.78, 5) is 28.5. The fraction of sp³-hybridized carbons (Fsp3) is 0.278. The molecule has 0 bridgehead atoms. The molecule has 1 amide bonds. The van der Waals surface area contributed by atoms with Crippen LogP contribution in [0.25, 0.3) is 11.3 Å². The molecule has 24 heavy (non-hydrogen) atoms. The van der Waals surface area contributed by atoms with E-state index in [1.807, 2.05) is 31.2 Å². The molecule has 0 saturated carbocycles. The molecule has 0 radical (unpaired) electrons. The predicted octanol–water partition coefficient (Wildman–Crippen LogP) is 2.03. The summed E-state index contributed by atoms with van der Waals surface area (Å²) in [5.41, 5.74) is 1.45. The minimum Gasteiger partial charge on any atom is -0.479 e. The monoisotopic (exact) mass is 326 g/mol. The zero-order valence-electron chi connectivity index (χ0n) is 13.3. The zero-order valence-corrected chi connectivity index (χ0v) is 13.3. The fourth-order valence-electron chi connectivity index (χ4n) is 2.85. The summed E-state index contributed by atoms with van der Waals surface area (Å²) >= 11 is 0. The number of ether oxygens (including phenoxy) is 1. The molecule has 2 heterocycles. The van der Waals surface area contributed by atoms with E-state index in [1.165, 1.54) is 0 Å². The number of rotatable bonds is 4. The van der Waals surface area contributed by atoms with Crippen LogP contribution in [0.5, 0.6) is 0 Å². The van der Waals surface area contributed by atoms with Gasteiger partial charge in [-0.05, 0) is 30.7 Å². The van der Waals surface area contributed by atoms with Gasteiger partial charge in [0.25, 0.3) is 5.91 Å². The molecule has 1 aliphatic heterocycles. The fourth-order valence-corrected chi connectivity index (χ4v) is 2.85. The molecule has 6 heteroatoms. The number of carboxylic acid groups (broad SMARTS) is 1. The van der Waals surface area contributed by atoms with E-state index in [0.29, 0.717) is 12.2 Å². The highest BCUT2D eigenvalue weighted by Crippen LogP contribution is 2.25. The predicted molar refractivity (Wildman–Crippen MR) is 87.7 cm³/mol. The van der Waals surface area contributed by atoms with Gasteiger partial charge in [0.2, 0.25) is 0 Å². The first-order valence-electron chi connectivity index (χ1n) is 7.68. The summed E-state index contributed by atoms with van der Waals surface area (Å²) < 4.78 is 5.18. The maximum Gasteiger partial charge on any atom is 0.331 e. The Morgan fingerprint density at radius 3 is 2.71 bits per heavy atom. The van der Waals surface area contributed by atoms with Crippen LogP contribution in [0.4, 0.5) is 0 Å². The number of hydrogen-bond acceptors (Lipinski definition) is 4. The van der Waals surface area contributed by atoms with Gasteiger partial charge in [-0.2, -0.15) is 0 Å². The lowest BCUT2D eigenvalue weighted by atomic mass is 9.95. The van der Waals surface area contributed by atoms with Crippen LogP contribution in [0.15, 0.2) is 42.6 Å². The second-order valence-electron chi connectivity index (χ2n) is 5.84. The lowest BCUT2D eigenvalue weighted by Crippen LogP contribution is -2.55. The summed E-state index contributed by atoms with van der Waals surface area (Å²) in [5, 5.41) is 12.1. The van der Waals surface area contributed by atoms with Crippen LogP contribution in [0.1, 0.15) is 22.3 Å². The number of aliphatic carboxylic acids is 1. The smallest absolute Gasteiger partial charge is 0.331 e. The minimum absolute atomic E-state index is 0.0208. The van der Waals surface area contributed by atoms with Crippen molar-refractivity contribution in [3.05, 3.63) is 53.7 Å². The Morgan fingerprint density at radius 2 is 2.08 bits per heavy atom. The van der Waals surface area contributed by atoms with E-state index in [0.717, 1.165) is 16.8 Å². The standard InChI is InChI=1S/C18H18N2O4/c1-12-13(15-7-2-3-9-19-15)5-4-6-14(12)16(21)20-18(17(22)23)8-10-24-11-18/h2-7,9H,8,10-11H2,1H3,(H,20,21)(H,22,23). The Hall–Kier alpha value is -2.73. The second kappa shape index (κ2) is 6.41. The lowest BCUT2D eigenvalue weighted by Gasteiger charge is -2.24. The van der Waals surface area contributed by atoms with Crippen LogP contribution in [-0.2, 0) is 9.53 Å². The number of carboxylic acids is 1. The van der Waals surface area contributed by atoms with Gasteiger partial charge in [0.1, 0.15) is 0 Å². The molecule has 1 aromatic carbocycles. The van der Waals surface area contributed by atoms with E-state index in [9.17, 15) is 14.7 Å². The van der Waals surface area contributed by atoms with Crippen molar-refractivity contribution in [1.82, 2.24) is 10.3 Å². The van der Waals surface area contributed by atoms with Gasteiger partial charge in [-0.25, -0.2) is 4.79 Å². The lowest BCUT2D eigenvalue weighted by molar-refractivity contribution is -0.144. The third kappa shape index (κ3) is 2.88. The van der Waals surface area contributed by atoms with Gasteiger partial charge in [-0.1, -0.05) is 18.2 Å². The highest BCUT2D eigenvalue weighted by atomic mass is 16.5. The molecule has 1 unspecified atom stereocenters. The number of carbonyl (C=O) groups excluding carboxylic acids is 1. The highest BCUT2D eigenvalue weighted by molar-refractivity contribution is 6.00. The van der Waals surface area contributed by atoms with Crippen LogP contribution >= 0.6 is 0 Å². The first-order valence-corrected chi connectivity index (χ1v) is 7.68. The van der Waals surface area contributed by atoms with E-state index in [1.54, 1.807) is 18.3 Å². The number of nitrogens with zero attached hydrogens (tertiary/aromatic N) is 1. The molecular weight excluding hydrogens is 308 g/mol. The number of nitrogens with one attached hydrogen (secondary N) is 1. The SMILES string of the molecule is Cc1c(C(=O)NC2(C(=O)O)CCOC2)cccc1-c1ccccn1. The van der Waals surface area contributed by atoms with Gasteiger partial charge in [-0.3, -0.25) is 9.78 Å². The van der Waals surface area contributed by atoms with Crippen LogP contribution in [0, 0.1) is 6.92 Å². The first-order chi connectivity index (χ1) is 11.5.